The molecule has 2 heterocycles. The Morgan fingerprint density at radius 3 is 2.67 bits per heavy atom. The van der Waals surface area contributed by atoms with Crippen LogP contribution in [-0.2, 0) is 0 Å². The van der Waals surface area contributed by atoms with Gasteiger partial charge in [-0.15, -0.1) is 0 Å². The lowest BCUT2D eigenvalue weighted by atomic mass is 10.1. The summed E-state index contributed by atoms with van der Waals surface area (Å²) in [6, 6.07) is 5.53. The Bertz CT molecular complexity index is 570. The lowest BCUT2D eigenvalue weighted by Crippen LogP contribution is -2.01. The fourth-order valence-electron chi connectivity index (χ4n) is 1.65. The van der Waals surface area contributed by atoms with Crippen molar-refractivity contribution in [3.8, 4) is 11.3 Å². The molecule has 0 aliphatic heterocycles. The van der Waals surface area contributed by atoms with Gasteiger partial charge < -0.3 is 5.32 Å². The molecule has 0 aliphatic carbocycles. The fourth-order valence-corrected chi connectivity index (χ4v) is 2.19. The van der Waals surface area contributed by atoms with Crippen molar-refractivity contribution in [1.29, 1.82) is 0 Å². The first-order chi connectivity index (χ1) is 8.61. The maximum Gasteiger partial charge on any atom is 0.145 e. The molecule has 2 aromatic rings. The van der Waals surface area contributed by atoms with Crippen LogP contribution in [0.2, 0.25) is 10.0 Å². The van der Waals surface area contributed by atoms with E-state index in [4.69, 9.17) is 23.2 Å². The van der Waals surface area contributed by atoms with Crippen LogP contribution >= 0.6 is 23.2 Å². The molecular weight excluding hydrogens is 269 g/mol. The third kappa shape index (κ3) is 2.74. The number of nitrogens with one attached hydrogen (secondary N) is 1. The first kappa shape index (κ1) is 13.1. The Morgan fingerprint density at radius 2 is 2.00 bits per heavy atom. The molecule has 3 nitrogen and oxygen atoms in total. The zero-order valence-corrected chi connectivity index (χ0v) is 11.7. The molecule has 0 saturated heterocycles. The fraction of sp³-hybridized carbons (Fsp3) is 0.231. The van der Waals surface area contributed by atoms with Gasteiger partial charge in [-0.1, -0.05) is 23.2 Å². The topological polar surface area (TPSA) is 37.8 Å². The number of nitrogens with zero attached hydrogens (tertiary/aromatic N) is 2. The van der Waals surface area contributed by atoms with Gasteiger partial charge in [0.25, 0.3) is 0 Å². The van der Waals surface area contributed by atoms with E-state index in [9.17, 15) is 0 Å². The molecule has 0 saturated carbocycles. The van der Waals surface area contributed by atoms with Crippen molar-refractivity contribution in [3.63, 3.8) is 0 Å². The van der Waals surface area contributed by atoms with E-state index in [0.717, 1.165) is 17.8 Å². The minimum atomic E-state index is 0.524. The average molecular weight is 282 g/mol. The number of halogens is 2. The van der Waals surface area contributed by atoms with Gasteiger partial charge in [0.15, 0.2) is 0 Å². The molecule has 0 radical (unpaired) electrons. The summed E-state index contributed by atoms with van der Waals surface area (Å²) in [4.78, 5) is 8.63. The highest BCUT2D eigenvalue weighted by Gasteiger charge is 2.11. The van der Waals surface area contributed by atoms with Crippen LogP contribution in [0.3, 0.4) is 0 Å². The number of aromatic nitrogens is 2. The SMILES string of the molecule is CCNc1nc(-c2ccnc(C)c2)c(Cl)cc1Cl. The monoisotopic (exact) mass is 281 g/mol. The lowest BCUT2D eigenvalue weighted by molar-refractivity contribution is 1.15. The Kier molecular flexibility index (Phi) is 4.04. The maximum absolute atomic E-state index is 6.19. The molecule has 5 heteroatoms. The van der Waals surface area contributed by atoms with Crippen molar-refractivity contribution in [2.75, 3.05) is 11.9 Å². The summed E-state index contributed by atoms with van der Waals surface area (Å²) < 4.78 is 0. The van der Waals surface area contributed by atoms with E-state index in [1.807, 2.05) is 26.0 Å². The molecule has 0 amide bonds. The van der Waals surface area contributed by atoms with Gasteiger partial charge in [-0.3, -0.25) is 4.98 Å². The number of anilines is 1. The van der Waals surface area contributed by atoms with Crippen LogP contribution in [0.4, 0.5) is 5.82 Å². The Balaban J connectivity index is 2.53. The van der Waals surface area contributed by atoms with E-state index in [0.29, 0.717) is 21.6 Å². The van der Waals surface area contributed by atoms with Gasteiger partial charge in [0.05, 0.1) is 15.7 Å². The van der Waals surface area contributed by atoms with Gasteiger partial charge in [0.2, 0.25) is 0 Å². The molecule has 2 aromatic heterocycles. The highest BCUT2D eigenvalue weighted by Crippen LogP contribution is 2.32. The van der Waals surface area contributed by atoms with Crippen molar-refractivity contribution in [2.45, 2.75) is 13.8 Å². The number of pyridine rings is 2. The van der Waals surface area contributed by atoms with E-state index in [1.54, 1.807) is 12.3 Å². The quantitative estimate of drug-likeness (QED) is 0.917. The van der Waals surface area contributed by atoms with Gasteiger partial charge in [-0.25, -0.2) is 4.98 Å². The van der Waals surface area contributed by atoms with Crippen LogP contribution in [0.5, 0.6) is 0 Å². The van der Waals surface area contributed by atoms with E-state index >= 15 is 0 Å². The summed E-state index contributed by atoms with van der Waals surface area (Å²) in [6.07, 6.45) is 1.74. The Morgan fingerprint density at radius 1 is 1.22 bits per heavy atom. The number of hydrogen-bond donors (Lipinski definition) is 1. The molecule has 0 atom stereocenters. The first-order valence-electron chi connectivity index (χ1n) is 5.64. The summed E-state index contributed by atoms with van der Waals surface area (Å²) in [5.74, 6) is 0.646. The van der Waals surface area contributed by atoms with Gasteiger partial charge in [0, 0.05) is 24.0 Å². The summed E-state index contributed by atoms with van der Waals surface area (Å²) in [5, 5.41) is 4.17. The third-order valence-electron chi connectivity index (χ3n) is 2.44. The van der Waals surface area contributed by atoms with Crippen molar-refractivity contribution in [2.24, 2.45) is 0 Å². The summed E-state index contributed by atoms with van der Waals surface area (Å²) in [7, 11) is 0. The van der Waals surface area contributed by atoms with Crippen LogP contribution in [0.25, 0.3) is 11.3 Å². The summed E-state index contributed by atoms with van der Waals surface area (Å²) in [6.45, 7) is 4.67. The highest BCUT2D eigenvalue weighted by molar-refractivity contribution is 6.37. The second-order valence-corrected chi connectivity index (χ2v) is 4.68. The molecule has 0 spiro atoms. The zero-order chi connectivity index (χ0) is 13.1. The average Bonchev–Trinajstić information content (AvgIpc) is 2.33. The van der Waals surface area contributed by atoms with E-state index in [-0.39, 0.29) is 0 Å². The van der Waals surface area contributed by atoms with Crippen molar-refractivity contribution in [3.05, 3.63) is 40.1 Å². The molecule has 18 heavy (non-hydrogen) atoms. The minimum absolute atomic E-state index is 0.524. The van der Waals surface area contributed by atoms with E-state index in [2.05, 4.69) is 15.3 Å². The molecule has 0 fully saturated rings. The largest absolute Gasteiger partial charge is 0.369 e. The van der Waals surface area contributed by atoms with E-state index in [1.165, 1.54) is 0 Å². The molecular formula is C13H13Cl2N3. The van der Waals surface area contributed by atoms with Gasteiger partial charge >= 0.3 is 0 Å². The number of aryl methyl sites for hydroxylation is 1. The molecule has 1 N–H and O–H groups in total. The molecule has 0 unspecified atom stereocenters. The summed E-state index contributed by atoms with van der Waals surface area (Å²) >= 11 is 12.3. The minimum Gasteiger partial charge on any atom is -0.369 e. The number of hydrogen-bond acceptors (Lipinski definition) is 3. The van der Waals surface area contributed by atoms with Crippen molar-refractivity contribution >= 4 is 29.0 Å². The normalized spacial score (nSPS) is 10.4. The standard InChI is InChI=1S/C13H13Cl2N3/c1-3-16-13-11(15)7-10(14)12(18-13)9-4-5-17-8(2)6-9/h4-7H,3H2,1-2H3,(H,16,18). The predicted molar refractivity (Wildman–Crippen MR) is 76.4 cm³/mol. The van der Waals surface area contributed by atoms with E-state index < -0.39 is 0 Å². The smallest absolute Gasteiger partial charge is 0.145 e. The number of rotatable bonds is 3. The third-order valence-corrected chi connectivity index (χ3v) is 3.02. The van der Waals surface area contributed by atoms with Crippen molar-refractivity contribution < 1.29 is 0 Å². The maximum atomic E-state index is 6.19. The molecule has 2 rings (SSSR count). The van der Waals surface area contributed by atoms with Gasteiger partial charge in [0.1, 0.15) is 5.82 Å². The molecule has 0 aromatic carbocycles. The highest BCUT2D eigenvalue weighted by atomic mass is 35.5. The predicted octanol–water partition coefficient (Wildman–Crippen LogP) is 4.19. The molecule has 94 valence electrons. The summed E-state index contributed by atoms with van der Waals surface area (Å²) in [5.41, 5.74) is 2.57. The lowest BCUT2D eigenvalue weighted by Gasteiger charge is -2.10. The Hall–Kier alpha value is -1.32. The zero-order valence-electron chi connectivity index (χ0n) is 10.2. The van der Waals surface area contributed by atoms with Gasteiger partial charge in [-0.2, -0.15) is 0 Å². The van der Waals surface area contributed by atoms with Crippen molar-refractivity contribution in [1.82, 2.24) is 9.97 Å². The van der Waals surface area contributed by atoms with Gasteiger partial charge in [-0.05, 0) is 32.0 Å². The van der Waals surface area contributed by atoms with Crippen LogP contribution in [0.1, 0.15) is 12.6 Å². The second kappa shape index (κ2) is 5.55. The van der Waals surface area contributed by atoms with Crippen LogP contribution in [0.15, 0.2) is 24.4 Å². The van der Waals surface area contributed by atoms with Crippen LogP contribution < -0.4 is 5.32 Å². The Labute approximate surface area is 116 Å². The molecule has 0 aliphatic rings. The van der Waals surface area contributed by atoms with Crippen LogP contribution in [-0.4, -0.2) is 16.5 Å². The second-order valence-electron chi connectivity index (χ2n) is 3.87. The first-order valence-corrected chi connectivity index (χ1v) is 6.40. The molecule has 0 bridgehead atoms. The van der Waals surface area contributed by atoms with Crippen LogP contribution in [0, 0.1) is 6.92 Å².